The van der Waals surface area contributed by atoms with Gasteiger partial charge in [-0.2, -0.15) is 0 Å². The summed E-state index contributed by atoms with van der Waals surface area (Å²) in [4.78, 5) is 37.4. The molecule has 1 aromatic carbocycles. The van der Waals surface area contributed by atoms with Crippen molar-refractivity contribution in [1.82, 2.24) is 0 Å². The van der Waals surface area contributed by atoms with E-state index in [-0.39, 0.29) is 22.8 Å². The Hall–Kier alpha value is -2.51. The van der Waals surface area contributed by atoms with E-state index in [1.165, 1.54) is 18.3 Å². The summed E-state index contributed by atoms with van der Waals surface area (Å²) < 4.78 is 0. The monoisotopic (exact) mass is 400 g/mol. The van der Waals surface area contributed by atoms with E-state index in [4.69, 9.17) is 5.73 Å². The first-order valence-corrected chi connectivity index (χ1v) is 9.98. The average Bonchev–Trinajstić information content (AvgIpc) is 2.91. The summed E-state index contributed by atoms with van der Waals surface area (Å²) >= 11 is 1.41. The minimum absolute atomic E-state index is 0.0602. The van der Waals surface area contributed by atoms with Crippen molar-refractivity contribution in [1.29, 1.82) is 0 Å². The first-order chi connectivity index (χ1) is 12.9. The van der Waals surface area contributed by atoms with Gasteiger partial charge in [0, 0.05) is 17.5 Å². The fourth-order valence-corrected chi connectivity index (χ4v) is 5.38. The van der Waals surface area contributed by atoms with Gasteiger partial charge in [-0.3, -0.25) is 14.4 Å². The van der Waals surface area contributed by atoms with Crippen molar-refractivity contribution in [3.8, 4) is 0 Å². The number of Topliss-reactive ketones (excluding diaryl/α,β-unsaturated/α-hetero) is 1. The van der Waals surface area contributed by atoms with E-state index in [1.807, 2.05) is 0 Å². The summed E-state index contributed by atoms with van der Waals surface area (Å²) in [5.74, 6) is -0.930. The van der Waals surface area contributed by atoms with Gasteiger partial charge in [0.1, 0.15) is 10.5 Å². The molecule has 2 amide bonds. The predicted molar refractivity (Wildman–Crippen MR) is 110 cm³/mol. The zero-order valence-electron chi connectivity index (χ0n) is 16.8. The van der Waals surface area contributed by atoms with Crippen LogP contribution in [0.15, 0.2) is 24.3 Å². The lowest BCUT2D eigenvalue weighted by molar-refractivity contribution is -0.789. The molecule has 7 heteroatoms. The van der Waals surface area contributed by atoms with E-state index in [1.54, 1.807) is 24.3 Å². The number of primary amides is 1. The lowest BCUT2D eigenvalue weighted by Crippen LogP contribution is -3.03. The van der Waals surface area contributed by atoms with Gasteiger partial charge in [-0.05, 0) is 52.3 Å². The summed E-state index contributed by atoms with van der Waals surface area (Å²) in [6.07, 6.45) is 0.698. The van der Waals surface area contributed by atoms with E-state index in [0.717, 1.165) is 10.4 Å². The molecule has 0 aliphatic carbocycles. The normalized spacial score (nSPS) is 16.9. The predicted octanol–water partition coefficient (Wildman–Crippen LogP) is 2.44. The quantitative estimate of drug-likeness (QED) is 0.686. The number of hydrogen-bond donors (Lipinski definition) is 3. The number of carbonyl (C=O) groups excluding carboxylic acids is 3. The number of nitrogens with one attached hydrogen (secondary N) is 1. The number of amides is 2. The van der Waals surface area contributed by atoms with Crippen molar-refractivity contribution in [2.24, 2.45) is 5.73 Å². The highest BCUT2D eigenvalue weighted by atomic mass is 32.1. The number of quaternary nitrogens is 1. The Kier molecular flexibility index (Phi) is 4.93. The zero-order valence-corrected chi connectivity index (χ0v) is 17.6. The van der Waals surface area contributed by atoms with Gasteiger partial charge in [-0.15, -0.1) is 11.3 Å². The molecule has 148 valence electrons. The molecule has 0 bridgehead atoms. The highest BCUT2D eigenvalue weighted by Gasteiger charge is 2.45. The lowest BCUT2D eigenvalue weighted by Gasteiger charge is -2.38. The third kappa shape index (κ3) is 3.72. The van der Waals surface area contributed by atoms with Crippen LogP contribution in [0.2, 0.25) is 0 Å². The number of hydrogen-bond acceptors (Lipinski definition) is 4. The van der Waals surface area contributed by atoms with Crippen LogP contribution in [0.25, 0.3) is 0 Å². The molecule has 3 rings (SSSR count). The van der Waals surface area contributed by atoms with Gasteiger partial charge in [0.25, 0.3) is 11.8 Å². The summed E-state index contributed by atoms with van der Waals surface area (Å²) in [5.41, 5.74) is 7.68. The molecule has 28 heavy (non-hydrogen) atoms. The summed E-state index contributed by atoms with van der Waals surface area (Å²) in [6, 6.07) is 6.44. The van der Waals surface area contributed by atoms with Crippen molar-refractivity contribution in [2.45, 2.75) is 52.1 Å². The standard InChI is InChI=1S/C21H25N3O3S/c1-11(25)12-6-8-13(9-7-12)18(27)23-19-15(17(22)26)14-10-20(2,3)24-21(4,5)16(14)28-19/h6-9,24H,10H2,1-5H3,(H2,22,26)(H,23,27)/p+1. The van der Waals surface area contributed by atoms with Crippen LogP contribution in [0.1, 0.15) is 76.1 Å². The largest absolute Gasteiger partial charge is 0.365 e. The third-order valence-corrected chi connectivity index (χ3v) is 6.49. The van der Waals surface area contributed by atoms with Crippen LogP contribution in [-0.2, 0) is 12.0 Å². The third-order valence-electron chi connectivity index (χ3n) is 5.00. The van der Waals surface area contributed by atoms with Crippen molar-refractivity contribution < 1.29 is 19.7 Å². The second-order valence-electron chi connectivity index (χ2n) is 8.60. The SMILES string of the molecule is CC(=O)c1ccc(C(=O)Nc2sc3c(c2C(N)=O)CC(C)(C)[NH2+]C3(C)C)cc1. The number of benzene rings is 1. The van der Waals surface area contributed by atoms with Crippen LogP contribution in [0.5, 0.6) is 0 Å². The summed E-state index contributed by atoms with van der Waals surface area (Å²) in [5, 5.41) is 5.63. The van der Waals surface area contributed by atoms with E-state index >= 15 is 0 Å². The first-order valence-electron chi connectivity index (χ1n) is 9.17. The van der Waals surface area contributed by atoms with Gasteiger partial charge in [-0.1, -0.05) is 12.1 Å². The smallest absolute Gasteiger partial charge is 0.256 e. The maximum atomic E-state index is 12.7. The number of rotatable bonds is 4. The fourth-order valence-electron chi connectivity index (χ4n) is 4.08. The summed E-state index contributed by atoms with van der Waals surface area (Å²) in [6.45, 7) is 9.97. The van der Waals surface area contributed by atoms with Gasteiger partial charge in [0.15, 0.2) is 5.78 Å². The topological polar surface area (TPSA) is 106 Å². The molecule has 0 unspecified atom stereocenters. The Morgan fingerprint density at radius 1 is 1.07 bits per heavy atom. The Labute approximate surface area is 168 Å². The van der Waals surface area contributed by atoms with Gasteiger partial charge in [-0.25, -0.2) is 0 Å². The number of ketones is 1. The van der Waals surface area contributed by atoms with Gasteiger partial charge >= 0.3 is 0 Å². The molecule has 0 fully saturated rings. The minimum atomic E-state index is -0.534. The summed E-state index contributed by atoms with van der Waals surface area (Å²) in [7, 11) is 0. The average molecular weight is 401 g/mol. The molecule has 6 nitrogen and oxygen atoms in total. The Morgan fingerprint density at radius 3 is 2.18 bits per heavy atom. The molecular weight excluding hydrogens is 374 g/mol. The second-order valence-corrected chi connectivity index (χ2v) is 9.62. The molecule has 0 atom stereocenters. The van der Waals surface area contributed by atoms with E-state index < -0.39 is 5.91 Å². The molecule has 2 heterocycles. The van der Waals surface area contributed by atoms with E-state index in [0.29, 0.717) is 28.1 Å². The number of nitrogens with two attached hydrogens (primary N) is 2. The number of fused-ring (bicyclic) bond motifs is 1. The molecule has 1 aromatic heterocycles. The first kappa shape index (κ1) is 20.2. The van der Waals surface area contributed by atoms with Gasteiger partial charge in [0.05, 0.1) is 16.0 Å². The maximum absolute atomic E-state index is 12.7. The molecule has 1 aliphatic heterocycles. The maximum Gasteiger partial charge on any atom is 0.256 e. The van der Waals surface area contributed by atoms with Crippen LogP contribution >= 0.6 is 11.3 Å². The number of carbonyl (C=O) groups is 3. The molecular formula is C21H26N3O3S+. The van der Waals surface area contributed by atoms with Crippen molar-refractivity contribution in [3.63, 3.8) is 0 Å². The number of anilines is 1. The molecule has 0 radical (unpaired) electrons. The van der Waals surface area contributed by atoms with Crippen LogP contribution in [0.4, 0.5) is 5.00 Å². The van der Waals surface area contributed by atoms with Crippen molar-refractivity contribution in [3.05, 3.63) is 51.4 Å². The molecule has 5 N–H and O–H groups in total. The van der Waals surface area contributed by atoms with E-state index in [2.05, 4.69) is 38.3 Å². The van der Waals surface area contributed by atoms with Gasteiger partial charge in [0.2, 0.25) is 0 Å². The molecule has 0 spiro atoms. The fraction of sp³-hybridized carbons (Fsp3) is 0.381. The minimum Gasteiger partial charge on any atom is -0.365 e. The highest BCUT2D eigenvalue weighted by Crippen LogP contribution is 2.42. The van der Waals surface area contributed by atoms with Crippen molar-refractivity contribution >= 4 is 33.9 Å². The van der Waals surface area contributed by atoms with Crippen molar-refractivity contribution in [2.75, 3.05) is 5.32 Å². The highest BCUT2D eigenvalue weighted by molar-refractivity contribution is 7.17. The van der Waals surface area contributed by atoms with Crippen LogP contribution in [0, 0.1) is 0 Å². The van der Waals surface area contributed by atoms with Crippen LogP contribution in [-0.4, -0.2) is 23.1 Å². The van der Waals surface area contributed by atoms with Gasteiger partial charge < -0.3 is 16.4 Å². The lowest BCUT2D eigenvalue weighted by atomic mass is 9.81. The Bertz CT molecular complexity index is 972. The Morgan fingerprint density at radius 2 is 1.64 bits per heavy atom. The molecule has 1 aliphatic rings. The second kappa shape index (κ2) is 6.83. The zero-order chi connectivity index (χ0) is 20.9. The van der Waals surface area contributed by atoms with Crippen LogP contribution < -0.4 is 16.4 Å². The van der Waals surface area contributed by atoms with E-state index in [9.17, 15) is 14.4 Å². The Balaban J connectivity index is 1.99. The molecule has 0 saturated carbocycles. The molecule has 0 saturated heterocycles. The molecule has 2 aromatic rings. The van der Waals surface area contributed by atoms with Crippen LogP contribution in [0.3, 0.4) is 0 Å². The number of thiophene rings is 1.